The molecule has 1 atom stereocenters. The molecule has 1 N–H and O–H groups in total. The largest absolute Gasteiger partial charge is 0.480 e. The first-order valence-corrected chi connectivity index (χ1v) is 9.56. The fourth-order valence-electron chi connectivity index (χ4n) is 3.85. The van der Waals surface area contributed by atoms with Crippen LogP contribution in [0.2, 0.25) is 0 Å². The molecular weight excluding hydrogens is 352 g/mol. The van der Waals surface area contributed by atoms with Crippen molar-refractivity contribution < 1.29 is 9.53 Å². The van der Waals surface area contributed by atoms with Crippen molar-refractivity contribution in [2.24, 2.45) is 0 Å². The fourth-order valence-corrected chi connectivity index (χ4v) is 3.85. The van der Waals surface area contributed by atoms with Crippen molar-refractivity contribution in [3.05, 3.63) is 65.6 Å². The molecule has 1 aliphatic rings. The first-order chi connectivity index (χ1) is 13.7. The lowest BCUT2D eigenvalue weighted by molar-refractivity contribution is 0.0701. The molecule has 0 unspecified atom stereocenters. The Morgan fingerprint density at radius 1 is 1.25 bits per heavy atom. The molecule has 28 heavy (non-hydrogen) atoms. The summed E-state index contributed by atoms with van der Waals surface area (Å²) in [5.41, 5.74) is 5.09. The van der Waals surface area contributed by atoms with Crippen LogP contribution < -0.4 is 4.74 Å². The van der Waals surface area contributed by atoms with Crippen molar-refractivity contribution in [1.29, 1.82) is 0 Å². The van der Waals surface area contributed by atoms with Gasteiger partial charge < -0.3 is 9.64 Å². The summed E-state index contributed by atoms with van der Waals surface area (Å²) in [6, 6.07) is 12.0. The predicted molar refractivity (Wildman–Crippen MR) is 107 cm³/mol. The molecule has 0 spiro atoms. The summed E-state index contributed by atoms with van der Waals surface area (Å²) in [7, 11) is 1.54. The number of nitrogens with zero attached hydrogens (tertiary/aromatic N) is 3. The molecule has 0 radical (unpaired) electrons. The van der Waals surface area contributed by atoms with Crippen LogP contribution >= 0.6 is 0 Å². The topological polar surface area (TPSA) is 71.1 Å². The highest BCUT2D eigenvalue weighted by Gasteiger charge is 2.29. The van der Waals surface area contributed by atoms with Gasteiger partial charge in [-0.15, -0.1) is 0 Å². The molecule has 0 aliphatic carbocycles. The highest BCUT2D eigenvalue weighted by Crippen LogP contribution is 2.34. The number of pyridine rings is 1. The average molecular weight is 376 g/mol. The summed E-state index contributed by atoms with van der Waals surface area (Å²) in [6.07, 6.45) is 5.48. The number of amides is 1. The highest BCUT2D eigenvalue weighted by atomic mass is 16.5. The minimum absolute atomic E-state index is 0.0361. The number of aromatic nitrogens is 3. The highest BCUT2D eigenvalue weighted by molar-refractivity contribution is 5.96. The molecule has 1 amide bonds. The van der Waals surface area contributed by atoms with Gasteiger partial charge in [0.25, 0.3) is 5.91 Å². The van der Waals surface area contributed by atoms with Crippen molar-refractivity contribution in [1.82, 2.24) is 20.1 Å². The zero-order chi connectivity index (χ0) is 19.5. The molecule has 1 aliphatic heterocycles. The number of carbonyl (C=O) groups excluding carboxylic acids is 1. The summed E-state index contributed by atoms with van der Waals surface area (Å²) < 4.78 is 5.27. The van der Waals surface area contributed by atoms with E-state index >= 15 is 0 Å². The van der Waals surface area contributed by atoms with E-state index in [1.54, 1.807) is 18.3 Å². The van der Waals surface area contributed by atoms with Crippen molar-refractivity contribution in [2.45, 2.75) is 25.7 Å². The number of piperidine rings is 1. The zero-order valence-corrected chi connectivity index (χ0v) is 16.2. The third-order valence-electron chi connectivity index (χ3n) is 5.34. The van der Waals surface area contributed by atoms with Crippen molar-refractivity contribution in [3.8, 4) is 17.0 Å². The monoisotopic (exact) mass is 376 g/mol. The average Bonchev–Trinajstić information content (AvgIpc) is 3.24. The molecule has 3 aromatic rings. The number of aromatic amines is 1. The first kappa shape index (κ1) is 18.2. The smallest absolute Gasteiger partial charge is 0.259 e. The third-order valence-corrected chi connectivity index (χ3v) is 5.34. The molecule has 4 rings (SSSR count). The van der Waals surface area contributed by atoms with E-state index in [1.807, 2.05) is 11.1 Å². The van der Waals surface area contributed by atoms with Crippen LogP contribution in [0.4, 0.5) is 0 Å². The Hall–Kier alpha value is -3.15. The van der Waals surface area contributed by atoms with E-state index in [4.69, 9.17) is 4.74 Å². The zero-order valence-electron chi connectivity index (χ0n) is 16.2. The van der Waals surface area contributed by atoms with Crippen LogP contribution in [0, 0.1) is 6.92 Å². The number of ether oxygens (including phenoxy) is 1. The van der Waals surface area contributed by atoms with Gasteiger partial charge in [-0.2, -0.15) is 5.10 Å². The molecule has 2 aromatic heterocycles. The summed E-state index contributed by atoms with van der Waals surface area (Å²) in [6.45, 7) is 3.47. The quantitative estimate of drug-likeness (QED) is 0.752. The van der Waals surface area contributed by atoms with Gasteiger partial charge >= 0.3 is 0 Å². The van der Waals surface area contributed by atoms with Crippen LogP contribution in [-0.4, -0.2) is 46.2 Å². The Morgan fingerprint density at radius 3 is 2.86 bits per heavy atom. The lowest BCUT2D eigenvalue weighted by atomic mass is 9.90. The number of rotatable bonds is 4. The minimum atomic E-state index is -0.0361. The Balaban J connectivity index is 1.57. The first-order valence-electron chi connectivity index (χ1n) is 9.56. The van der Waals surface area contributed by atoms with Crippen LogP contribution in [0.15, 0.2) is 48.8 Å². The van der Waals surface area contributed by atoms with E-state index in [-0.39, 0.29) is 11.8 Å². The SMILES string of the molecule is COc1ncccc1C(=O)N1CCC[C@@H](c2[nH]ncc2-c2ccc(C)cc2)C1. The molecular formula is C22H24N4O2. The van der Waals surface area contributed by atoms with Crippen molar-refractivity contribution in [2.75, 3.05) is 20.2 Å². The predicted octanol–water partition coefficient (Wildman–Crippen LogP) is 3.81. The van der Waals surface area contributed by atoms with Gasteiger partial charge in [0, 0.05) is 36.5 Å². The number of H-pyrrole nitrogens is 1. The van der Waals surface area contributed by atoms with Crippen molar-refractivity contribution >= 4 is 5.91 Å². The lowest BCUT2D eigenvalue weighted by Crippen LogP contribution is -2.39. The number of likely N-dealkylation sites (tertiary alicyclic amines) is 1. The van der Waals surface area contributed by atoms with Gasteiger partial charge in [0.05, 0.1) is 13.3 Å². The van der Waals surface area contributed by atoms with Gasteiger partial charge in [0.2, 0.25) is 5.88 Å². The summed E-state index contributed by atoms with van der Waals surface area (Å²) >= 11 is 0. The molecule has 1 aromatic carbocycles. The van der Waals surface area contributed by atoms with E-state index in [1.165, 1.54) is 12.7 Å². The summed E-state index contributed by atoms with van der Waals surface area (Å²) in [4.78, 5) is 19.1. The standard InChI is InChI=1S/C22H24N4O2/c1-15-7-9-16(10-8-15)19-13-24-25-20(19)17-5-4-12-26(14-17)22(27)18-6-3-11-23-21(18)28-2/h3,6-11,13,17H,4-5,12,14H2,1-2H3,(H,24,25)/t17-/m1/s1. The number of benzene rings is 1. The van der Waals surface area contributed by atoms with Crippen LogP contribution in [0.25, 0.3) is 11.1 Å². The summed E-state index contributed by atoms with van der Waals surface area (Å²) in [5.74, 6) is 0.557. The summed E-state index contributed by atoms with van der Waals surface area (Å²) in [5, 5.41) is 7.48. The normalized spacial score (nSPS) is 16.8. The van der Waals surface area contributed by atoms with Crippen molar-refractivity contribution in [3.63, 3.8) is 0 Å². The minimum Gasteiger partial charge on any atom is -0.480 e. The van der Waals surface area contributed by atoms with Crippen LogP contribution in [0.1, 0.15) is 40.4 Å². The Labute approximate surface area is 164 Å². The van der Waals surface area contributed by atoms with Crippen LogP contribution in [-0.2, 0) is 0 Å². The maximum atomic E-state index is 13.1. The molecule has 144 valence electrons. The number of nitrogens with one attached hydrogen (secondary N) is 1. The number of aryl methyl sites for hydroxylation is 1. The Kier molecular flexibility index (Phi) is 5.10. The maximum absolute atomic E-state index is 13.1. The van der Waals surface area contributed by atoms with E-state index < -0.39 is 0 Å². The molecule has 6 nitrogen and oxygen atoms in total. The van der Waals surface area contributed by atoms with Gasteiger partial charge in [0.15, 0.2) is 0 Å². The third kappa shape index (κ3) is 3.50. The van der Waals surface area contributed by atoms with Gasteiger partial charge in [-0.25, -0.2) is 4.98 Å². The number of carbonyl (C=O) groups is 1. The van der Waals surface area contributed by atoms with Crippen LogP contribution in [0.3, 0.4) is 0 Å². The number of hydrogen-bond donors (Lipinski definition) is 1. The Morgan fingerprint density at radius 2 is 2.07 bits per heavy atom. The second-order valence-electron chi connectivity index (χ2n) is 7.21. The lowest BCUT2D eigenvalue weighted by Gasteiger charge is -2.33. The molecule has 0 saturated carbocycles. The Bertz CT molecular complexity index is 965. The molecule has 1 saturated heterocycles. The second-order valence-corrected chi connectivity index (χ2v) is 7.21. The van der Waals surface area contributed by atoms with E-state index in [2.05, 4.69) is 46.4 Å². The molecule has 6 heteroatoms. The van der Waals surface area contributed by atoms with Gasteiger partial charge in [-0.3, -0.25) is 9.89 Å². The fraction of sp³-hybridized carbons (Fsp3) is 0.318. The second kappa shape index (κ2) is 7.84. The van der Waals surface area contributed by atoms with E-state index in [9.17, 15) is 4.79 Å². The molecule has 1 fully saturated rings. The number of hydrogen-bond acceptors (Lipinski definition) is 4. The van der Waals surface area contributed by atoms with E-state index in [0.29, 0.717) is 18.0 Å². The molecule has 0 bridgehead atoms. The van der Waals surface area contributed by atoms with Gasteiger partial charge in [-0.1, -0.05) is 29.8 Å². The maximum Gasteiger partial charge on any atom is 0.259 e. The van der Waals surface area contributed by atoms with Crippen LogP contribution in [0.5, 0.6) is 5.88 Å². The number of methoxy groups -OCH3 is 1. The molecule has 3 heterocycles. The van der Waals surface area contributed by atoms with Gasteiger partial charge in [-0.05, 0) is 37.5 Å². The van der Waals surface area contributed by atoms with Gasteiger partial charge in [0.1, 0.15) is 5.56 Å². The van der Waals surface area contributed by atoms with E-state index in [0.717, 1.165) is 36.2 Å².